The van der Waals surface area contributed by atoms with Gasteiger partial charge in [0.05, 0.1) is 10.7 Å². The molecule has 0 saturated heterocycles. The lowest BCUT2D eigenvalue weighted by Crippen LogP contribution is -2.54. The van der Waals surface area contributed by atoms with Crippen LogP contribution >= 0.6 is 31.9 Å². The summed E-state index contributed by atoms with van der Waals surface area (Å²) in [5.74, 6) is -0.894. The molecule has 0 saturated carbocycles. The Bertz CT molecular complexity index is 257. The largest absolute Gasteiger partial charge is 0.343 e. The molecule has 2 unspecified atom stereocenters. The monoisotopic (exact) mass is 356 g/mol. The zero-order valence-electron chi connectivity index (χ0n) is 8.11. The van der Waals surface area contributed by atoms with Crippen LogP contribution in [0.3, 0.4) is 0 Å². The Hall–Kier alpha value is -0.760. The zero-order chi connectivity index (χ0) is 12.6. The molecule has 6 nitrogen and oxygen atoms in total. The third-order valence-corrected chi connectivity index (χ3v) is 2.60. The van der Waals surface area contributed by atoms with Crippen molar-refractivity contribution in [3.8, 4) is 0 Å². The molecule has 0 radical (unpaired) electrons. The van der Waals surface area contributed by atoms with Crippen molar-refractivity contribution in [2.75, 3.05) is 10.7 Å². The van der Waals surface area contributed by atoms with Crippen molar-refractivity contribution >= 4 is 56.2 Å². The van der Waals surface area contributed by atoms with Crippen molar-refractivity contribution in [3.05, 3.63) is 0 Å². The van der Waals surface area contributed by atoms with Crippen LogP contribution in [0.2, 0.25) is 0 Å². The first-order chi connectivity index (χ1) is 7.58. The molecule has 90 valence electrons. The van der Waals surface area contributed by atoms with E-state index in [0.717, 1.165) is 0 Å². The highest BCUT2D eigenvalue weighted by Gasteiger charge is 2.23. The van der Waals surface area contributed by atoms with Crippen LogP contribution in [0, 0.1) is 0 Å². The Kier molecular flexibility index (Phi) is 8.00. The van der Waals surface area contributed by atoms with E-state index in [1.54, 1.807) is 0 Å². The summed E-state index contributed by atoms with van der Waals surface area (Å²) in [5, 5.41) is 4.58. The Balaban J connectivity index is 4.49. The number of rotatable bonds is 7. The maximum atomic E-state index is 11.0. The van der Waals surface area contributed by atoms with Gasteiger partial charge in [0, 0.05) is 0 Å². The summed E-state index contributed by atoms with van der Waals surface area (Å²) in [5.41, 5.74) is 0. The lowest BCUT2D eigenvalue weighted by atomic mass is 10.1. The lowest BCUT2D eigenvalue weighted by Gasteiger charge is -2.19. The Morgan fingerprint density at radius 1 is 0.938 bits per heavy atom. The third-order valence-electron chi connectivity index (χ3n) is 1.58. The molecule has 2 atom stereocenters. The number of hydrogen-bond acceptors (Lipinski definition) is 4. The molecular formula is C8H10Br2N2O4. The lowest BCUT2D eigenvalue weighted by molar-refractivity contribution is -0.126. The van der Waals surface area contributed by atoms with Crippen LogP contribution in [0.1, 0.15) is 0 Å². The van der Waals surface area contributed by atoms with Crippen LogP contribution in [0.25, 0.3) is 0 Å². The minimum absolute atomic E-state index is 0.00923. The summed E-state index contributed by atoms with van der Waals surface area (Å²) in [6.07, 6.45) is 0.794. The number of carbonyl (C=O) groups excluding carboxylic acids is 4. The van der Waals surface area contributed by atoms with Crippen LogP contribution in [0.4, 0.5) is 0 Å². The van der Waals surface area contributed by atoms with Gasteiger partial charge >= 0.3 is 0 Å². The summed E-state index contributed by atoms with van der Waals surface area (Å²) in [7, 11) is 0. The SMILES string of the molecule is O=CC(NC(=O)CBr)C(C=O)NC(=O)CBr. The molecule has 0 spiro atoms. The first-order valence-electron chi connectivity index (χ1n) is 4.20. The molecule has 0 rings (SSSR count). The summed E-state index contributed by atoms with van der Waals surface area (Å²) < 4.78 is 0. The molecule has 0 aliphatic rings. The molecular weight excluding hydrogens is 348 g/mol. The zero-order valence-corrected chi connectivity index (χ0v) is 11.3. The van der Waals surface area contributed by atoms with Crippen molar-refractivity contribution in [3.63, 3.8) is 0 Å². The first-order valence-corrected chi connectivity index (χ1v) is 6.44. The highest BCUT2D eigenvalue weighted by Crippen LogP contribution is 1.91. The van der Waals surface area contributed by atoms with Gasteiger partial charge in [0.2, 0.25) is 11.8 Å². The number of carbonyl (C=O) groups is 4. The van der Waals surface area contributed by atoms with Gasteiger partial charge in [0.25, 0.3) is 0 Å². The number of alkyl halides is 2. The van der Waals surface area contributed by atoms with Crippen LogP contribution < -0.4 is 10.6 Å². The van der Waals surface area contributed by atoms with Crippen molar-refractivity contribution in [1.82, 2.24) is 10.6 Å². The molecule has 2 amide bonds. The van der Waals surface area contributed by atoms with Crippen LogP contribution in [-0.2, 0) is 19.2 Å². The van der Waals surface area contributed by atoms with E-state index in [4.69, 9.17) is 0 Å². The normalized spacial score (nSPS) is 13.4. The number of hydrogen-bond donors (Lipinski definition) is 2. The molecule has 0 heterocycles. The van der Waals surface area contributed by atoms with Crippen LogP contribution in [0.15, 0.2) is 0 Å². The second-order valence-corrected chi connectivity index (χ2v) is 3.85. The van der Waals surface area contributed by atoms with Gasteiger partial charge in [-0.25, -0.2) is 0 Å². The number of nitrogens with one attached hydrogen (secondary N) is 2. The van der Waals surface area contributed by atoms with E-state index in [2.05, 4.69) is 42.5 Å². The molecule has 0 aliphatic carbocycles. The Morgan fingerprint density at radius 3 is 1.44 bits per heavy atom. The molecule has 0 aromatic heterocycles. The number of halogens is 2. The molecule has 0 fully saturated rings. The van der Waals surface area contributed by atoms with Crippen molar-refractivity contribution in [2.24, 2.45) is 0 Å². The van der Waals surface area contributed by atoms with Crippen LogP contribution in [0.5, 0.6) is 0 Å². The van der Waals surface area contributed by atoms with Crippen molar-refractivity contribution < 1.29 is 19.2 Å². The average Bonchev–Trinajstić information content (AvgIpc) is 2.32. The Morgan fingerprint density at radius 2 is 1.25 bits per heavy atom. The second-order valence-electron chi connectivity index (χ2n) is 2.73. The highest BCUT2D eigenvalue weighted by molar-refractivity contribution is 9.09. The highest BCUT2D eigenvalue weighted by atomic mass is 79.9. The van der Waals surface area contributed by atoms with E-state index < -0.39 is 23.9 Å². The maximum absolute atomic E-state index is 11.0. The van der Waals surface area contributed by atoms with Gasteiger partial charge in [-0.3, -0.25) is 9.59 Å². The predicted molar refractivity (Wildman–Crippen MR) is 63.6 cm³/mol. The van der Waals surface area contributed by atoms with Crippen molar-refractivity contribution in [2.45, 2.75) is 12.1 Å². The molecule has 0 bridgehead atoms. The van der Waals surface area contributed by atoms with Gasteiger partial charge in [-0.05, 0) is 0 Å². The number of aldehydes is 2. The second kappa shape index (κ2) is 8.40. The maximum Gasteiger partial charge on any atom is 0.231 e. The summed E-state index contributed by atoms with van der Waals surface area (Å²) in [6.45, 7) is 0. The topological polar surface area (TPSA) is 92.3 Å². The minimum Gasteiger partial charge on any atom is -0.343 e. The number of amides is 2. The minimum atomic E-state index is -1.06. The van der Waals surface area contributed by atoms with E-state index >= 15 is 0 Å². The fraction of sp³-hybridized carbons (Fsp3) is 0.500. The summed E-state index contributed by atoms with van der Waals surface area (Å²) >= 11 is 5.79. The average molecular weight is 358 g/mol. The van der Waals surface area contributed by atoms with E-state index in [9.17, 15) is 19.2 Å². The molecule has 2 N–H and O–H groups in total. The fourth-order valence-corrected chi connectivity index (χ4v) is 1.19. The van der Waals surface area contributed by atoms with Crippen molar-refractivity contribution in [1.29, 1.82) is 0 Å². The fourth-order valence-electron chi connectivity index (χ4n) is 0.866. The quantitative estimate of drug-likeness (QED) is 0.458. The molecule has 0 aromatic rings. The van der Waals surface area contributed by atoms with E-state index in [1.807, 2.05) is 0 Å². The molecule has 0 aromatic carbocycles. The molecule has 0 aliphatic heterocycles. The first kappa shape index (κ1) is 15.2. The van der Waals surface area contributed by atoms with E-state index in [-0.39, 0.29) is 10.7 Å². The van der Waals surface area contributed by atoms with Crippen LogP contribution in [-0.4, -0.2) is 47.1 Å². The summed E-state index contributed by atoms with van der Waals surface area (Å²) in [4.78, 5) is 43.4. The Labute approximate surface area is 109 Å². The van der Waals surface area contributed by atoms with Gasteiger partial charge in [-0.2, -0.15) is 0 Å². The standard InChI is InChI=1S/C8H10Br2N2O4/c9-1-7(15)11-5(3-13)6(4-14)12-8(16)2-10/h3-6H,1-2H2,(H,11,15)(H,12,16). The van der Waals surface area contributed by atoms with Gasteiger partial charge in [-0.1, -0.05) is 31.9 Å². The van der Waals surface area contributed by atoms with E-state index in [0.29, 0.717) is 12.6 Å². The summed E-state index contributed by atoms with van der Waals surface area (Å²) in [6, 6.07) is -2.13. The van der Waals surface area contributed by atoms with Gasteiger partial charge in [-0.15, -0.1) is 0 Å². The molecule has 8 heteroatoms. The predicted octanol–water partition coefficient (Wildman–Crippen LogP) is -0.856. The van der Waals surface area contributed by atoms with Gasteiger partial charge in [0.1, 0.15) is 24.7 Å². The third kappa shape index (κ3) is 5.36. The van der Waals surface area contributed by atoms with Gasteiger partial charge < -0.3 is 20.2 Å². The smallest absolute Gasteiger partial charge is 0.231 e. The molecule has 16 heavy (non-hydrogen) atoms. The van der Waals surface area contributed by atoms with E-state index in [1.165, 1.54) is 0 Å². The van der Waals surface area contributed by atoms with Gasteiger partial charge in [0.15, 0.2) is 0 Å².